The molecule has 0 amide bonds. The van der Waals surface area contributed by atoms with E-state index in [0.717, 1.165) is 5.71 Å². The van der Waals surface area contributed by atoms with E-state index in [0.29, 0.717) is 11.9 Å². The Balaban J connectivity index is 2.38. The van der Waals surface area contributed by atoms with Crippen molar-refractivity contribution < 1.29 is 0 Å². The van der Waals surface area contributed by atoms with E-state index >= 15 is 0 Å². The molecule has 1 N–H and O–H groups in total. The van der Waals surface area contributed by atoms with Crippen molar-refractivity contribution >= 4 is 29.5 Å². The second-order valence-electron chi connectivity index (χ2n) is 3.04. The molecular formula is C8H13N5S. The van der Waals surface area contributed by atoms with E-state index in [4.69, 9.17) is 0 Å². The summed E-state index contributed by atoms with van der Waals surface area (Å²) in [5.74, 6) is 0.947. The summed E-state index contributed by atoms with van der Waals surface area (Å²) < 4.78 is 3.93. The Bertz CT molecular complexity index is 314. The van der Waals surface area contributed by atoms with Gasteiger partial charge in [-0.25, -0.2) is 15.4 Å². The molecule has 0 aliphatic heterocycles. The summed E-state index contributed by atoms with van der Waals surface area (Å²) in [5, 5.41) is 3.86. The molecule has 0 aliphatic carbocycles. The molecule has 6 heteroatoms. The van der Waals surface area contributed by atoms with Crippen molar-refractivity contribution in [3.63, 3.8) is 0 Å². The van der Waals surface area contributed by atoms with Crippen LogP contribution in [0.2, 0.25) is 0 Å². The second-order valence-corrected chi connectivity index (χ2v) is 3.64. The zero-order valence-electron chi connectivity index (χ0n) is 8.43. The minimum atomic E-state index is 0.443. The fourth-order valence-corrected chi connectivity index (χ4v) is 0.957. The van der Waals surface area contributed by atoms with Gasteiger partial charge >= 0.3 is 0 Å². The molecule has 76 valence electrons. The first kappa shape index (κ1) is 10.8. The predicted octanol–water partition coefficient (Wildman–Crippen LogP) is 2.01. The van der Waals surface area contributed by atoms with Crippen LogP contribution in [0.4, 0.5) is 5.95 Å². The summed E-state index contributed by atoms with van der Waals surface area (Å²) in [6.07, 6.45) is 1.47. The Hall–Kier alpha value is -1.30. The van der Waals surface area contributed by atoms with Crippen molar-refractivity contribution in [1.29, 1.82) is 0 Å². The normalized spacial score (nSPS) is 12.7. The van der Waals surface area contributed by atoms with Crippen molar-refractivity contribution in [2.45, 2.75) is 20.8 Å². The van der Waals surface area contributed by atoms with Gasteiger partial charge < -0.3 is 0 Å². The van der Waals surface area contributed by atoms with Gasteiger partial charge in [-0.05, 0) is 24.4 Å². The maximum Gasteiger partial charge on any atom is 0.255 e. The lowest BCUT2D eigenvalue weighted by molar-refractivity contribution is 0.881. The first-order valence-electron chi connectivity index (χ1n) is 4.28. The monoisotopic (exact) mass is 211 g/mol. The van der Waals surface area contributed by atoms with Crippen LogP contribution in [-0.4, -0.2) is 21.4 Å². The number of aromatic nitrogens is 2. The SMILES string of the molecule is C/C(=N\C=N/Nc1ncsn1)C(C)C. The number of hydrazone groups is 1. The van der Waals surface area contributed by atoms with Crippen LogP contribution in [0, 0.1) is 5.92 Å². The van der Waals surface area contributed by atoms with E-state index in [2.05, 4.69) is 38.7 Å². The van der Waals surface area contributed by atoms with Gasteiger partial charge in [0.2, 0.25) is 0 Å². The quantitative estimate of drug-likeness (QED) is 0.471. The third kappa shape index (κ3) is 3.61. The highest BCUT2D eigenvalue weighted by Gasteiger charge is 1.95. The van der Waals surface area contributed by atoms with Crippen LogP contribution in [-0.2, 0) is 0 Å². The Morgan fingerprint density at radius 1 is 1.64 bits per heavy atom. The summed E-state index contributed by atoms with van der Waals surface area (Å²) >= 11 is 1.28. The third-order valence-electron chi connectivity index (χ3n) is 1.68. The summed E-state index contributed by atoms with van der Waals surface area (Å²) in [4.78, 5) is 8.04. The molecule has 1 heterocycles. The van der Waals surface area contributed by atoms with E-state index in [-0.39, 0.29) is 0 Å². The van der Waals surface area contributed by atoms with Gasteiger partial charge in [0.15, 0.2) is 0 Å². The van der Waals surface area contributed by atoms with Gasteiger partial charge in [-0.3, -0.25) is 0 Å². The standard InChI is InChI=1S/C8H13N5S/c1-6(2)7(3)9-4-11-12-8-10-5-14-13-8/h4-6H,1-3H3,(H,12,13)/b9-7+,11-4-. The molecule has 0 bridgehead atoms. The van der Waals surface area contributed by atoms with Crippen LogP contribution in [0.5, 0.6) is 0 Å². The Labute approximate surface area is 87.2 Å². The van der Waals surface area contributed by atoms with Gasteiger partial charge in [0.1, 0.15) is 11.8 Å². The van der Waals surface area contributed by atoms with Crippen LogP contribution in [0.15, 0.2) is 15.6 Å². The van der Waals surface area contributed by atoms with Crippen molar-refractivity contribution in [2.75, 3.05) is 5.43 Å². The molecule has 1 aromatic rings. The average Bonchev–Trinajstić information content (AvgIpc) is 2.64. The largest absolute Gasteiger partial charge is 0.255 e. The highest BCUT2D eigenvalue weighted by molar-refractivity contribution is 7.03. The van der Waals surface area contributed by atoms with Gasteiger partial charge in [0.25, 0.3) is 5.95 Å². The van der Waals surface area contributed by atoms with Gasteiger partial charge in [-0.15, -0.1) is 0 Å². The lowest BCUT2D eigenvalue weighted by Crippen LogP contribution is -2.01. The fourth-order valence-electron chi connectivity index (χ4n) is 0.575. The number of nitrogens with zero attached hydrogens (tertiary/aromatic N) is 4. The van der Waals surface area contributed by atoms with Crippen molar-refractivity contribution in [3.05, 3.63) is 5.51 Å². The summed E-state index contributed by atoms with van der Waals surface area (Å²) in [5.41, 5.74) is 5.35. The molecular weight excluding hydrogens is 198 g/mol. The number of hydrogen-bond donors (Lipinski definition) is 1. The number of hydrogen-bond acceptors (Lipinski definition) is 5. The number of rotatable bonds is 4. The van der Waals surface area contributed by atoms with Crippen LogP contribution < -0.4 is 5.43 Å². The molecule has 0 radical (unpaired) electrons. The van der Waals surface area contributed by atoms with Crippen LogP contribution in [0.3, 0.4) is 0 Å². The molecule has 1 aromatic heterocycles. The van der Waals surface area contributed by atoms with Crippen molar-refractivity contribution in [1.82, 2.24) is 9.36 Å². The lowest BCUT2D eigenvalue weighted by atomic mass is 10.1. The number of nitrogens with one attached hydrogen (secondary N) is 1. The zero-order chi connectivity index (χ0) is 10.4. The summed E-state index contributed by atoms with van der Waals surface area (Å²) in [6.45, 7) is 6.14. The van der Waals surface area contributed by atoms with E-state index in [1.807, 2.05) is 6.92 Å². The molecule has 14 heavy (non-hydrogen) atoms. The zero-order valence-corrected chi connectivity index (χ0v) is 9.25. The van der Waals surface area contributed by atoms with Gasteiger partial charge in [-0.2, -0.15) is 9.47 Å². The molecule has 1 rings (SSSR count). The molecule has 0 saturated carbocycles. The molecule has 0 aliphatic rings. The Kier molecular flexibility index (Phi) is 4.18. The molecule has 0 unspecified atom stereocenters. The van der Waals surface area contributed by atoms with Crippen LogP contribution >= 0.6 is 11.5 Å². The smallest absolute Gasteiger partial charge is 0.244 e. The highest BCUT2D eigenvalue weighted by atomic mass is 32.1. The predicted molar refractivity (Wildman–Crippen MR) is 60.0 cm³/mol. The average molecular weight is 211 g/mol. The third-order valence-corrected chi connectivity index (χ3v) is 2.16. The van der Waals surface area contributed by atoms with E-state index in [1.165, 1.54) is 17.9 Å². The van der Waals surface area contributed by atoms with Crippen molar-refractivity contribution in [3.8, 4) is 0 Å². The van der Waals surface area contributed by atoms with Gasteiger partial charge in [0.05, 0.1) is 0 Å². The number of anilines is 1. The van der Waals surface area contributed by atoms with E-state index in [1.54, 1.807) is 5.51 Å². The van der Waals surface area contributed by atoms with Crippen LogP contribution in [0.1, 0.15) is 20.8 Å². The fraction of sp³-hybridized carbons (Fsp3) is 0.500. The summed E-state index contributed by atoms with van der Waals surface area (Å²) in [6, 6.07) is 0. The molecule has 0 fully saturated rings. The molecule has 0 atom stereocenters. The maximum absolute atomic E-state index is 4.13. The van der Waals surface area contributed by atoms with Crippen molar-refractivity contribution in [2.24, 2.45) is 16.0 Å². The molecule has 0 saturated heterocycles. The highest BCUT2D eigenvalue weighted by Crippen LogP contribution is 1.99. The summed E-state index contributed by atoms with van der Waals surface area (Å²) in [7, 11) is 0. The Morgan fingerprint density at radius 2 is 2.43 bits per heavy atom. The molecule has 5 nitrogen and oxygen atoms in total. The number of aliphatic imine (C=N–C) groups is 1. The first-order chi connectivity index (χ1) is 6.70. The Morgan fingerprint density at radius 3 is 3.00 bits per heavy atom. The molecule has 0 aromatic carbocycles. The maximum atomic E-state index is 4.13. The van der Waals surface area contributed by atoms with Gasteiger partial charge in [-0.1, -0.05) is 13.8 Å². The second kappa shape index (κ2) is 5.43. The van der Waals surface area contributed by atoms with E-state index < -0.39 is 0 Å². The minimum absolute atomic E-state index is 0.443. The first-order valence-corrected chi connectivity index (χ1v) is 5.12. The topological polar surface area (TPSA) is 62.5 Å². The lowest BCUT2D eigenvalue weighted by Gasteiger charge is -1.99. The van der Waals surface area contributed by atoms with Crippen LogP contribution in [0.25, 0.3) is 0 Å². The van der Waals surface area contributed by atoms with Gasteiger partial charge in [0, 0.05) is 5.71 Å². The van der Waals surface area contributed by atoms with E-state index in [9.17, 15) is 0 Å². The molecule has 0 spiro atoms. The minimum Gasteiger partial charge on any atom is -0.244 e.